The fourth-order valence-corrected chi connectivity index (χ4v) is 6.58. The molecule has 2 aliphatic rings. The van der Waals surface area contributed by atoms with E-state index < -0.39 is 85.7 Å². The van der Waals surface area contributed by atoms with Crippen molar-refractivity contribution in [1.82, 2.24) is 41.2 Å². The van der Waals surface area contributed by atoms with E-state index in [2.05, 4.69) is 41.1 Å². The van der Waals surface area contributed by atoms with E-state index in [4.69, 9.17) is 51.0 Å². The first-order chi connectivity index (χ1) is 32.3. The molecule has 1 unspecified atom stereocenters. The molecular weight excluding hydrogens is 987 g/mol. The van der Waals surface area contributed by atoms with Crippen LogP contribution in [0.3, 0.4) is 0 Å². The molecule has 3 N–H and O–H groups in total. The summed E-state index contributed by atoms with van der Waals surface area (Å²) < 4.78 is 137. The zero-order valence-corrected chi connectivity index (χ0v) is 38.5. The van der Waals surface area contributed by atoms with E-state index in [-0.39, 0.29) is 76.8 Å². The van der Waals surface area contributed by atoms with E-state index in [9.17, 15) is 49.5 Å². The molecule has 69 heavy (non-hydrogen) atoms. The van der Waals surface area contributed by atoms with Gasteiger partial charge < -0.3 is 43.7 Å². The van der Waals surface area contributed by atoms with E-state index in [1.165, 1.54) is 29.2 Å². The van der Waals surface area contributed by atoms with Crippen molar-refractivity contribution in [3.63, 3.8) is 0 Å². The van der Waals surface area contributed by atoms with Gasteiger partial charge in [0.1, 0.15) is 48.0 Å². The van der Waals surface area contributed by atoms with Crippen LogP contribution in [-0.4, -0.2) is 106 Å². The standard InChI is InChI=1S/C24H29ClF4N4O6.C17H17ClF4N4O4/c1-13(24(27,28)29)11-37-21-32-31-20(38-21)18-8-5-14(10-33(18)22(35)39-23(2,3)4)30-19(34)12-36-15-6-7-16(25)17(26)9-15;18-11-3-2-10(5-12(11)19)28-7-14(27)24-9-1-4-13(23-6-9)16-26-25-15(30-16)8-29-17(20,21)22/h6-7,9,13-14,18H,5,8,10-12H2,1-4H3,(H,30,34);2-3,5,9,13,23H,1,4,6-8H2,(H,24,27)/t13?,14-,18+;9-,13+/m00/s1. The number of nitrogens with zero attached hydrogens (tertiary/aromatic N) is 5. The third-order valence-electron chi connectivity index (χ3n) is 9.74. The number of hydrogen-bond donors (Lipinski definition) is 3. The molecule has 2 aromatic heterocycles. The second-order valence-electron chi connectivity index (χ2n) is 16.5. The first kappa shape index (κ1) is 54.2. The maximum Gasteiger partial charge on any atom is 0.523 e. The average molecular weight is 1030 g/mol. The fraction of sp³-hybridized carbons (Fsp3) is 0.537. The number of hydrogen-bond acceptors (Lipinski definition) is 15. The quantitative estimate of drug-likeness (QED) is 0.0964. The molecule has 0 radical (unpaired) electrons. The Morgan fingerprint density at radius 2 is 1.38 bits per heavy atom. The Bertz CT molecular complexity index is 2340. The molecule has 28 heteroatoms. The van der Waals surface area contributed by atoms with Gasteiger partial charge in [-0.3, -0.25) is 19.2 Å². The molecule has 0 spiro atoms. The van der Waals surface area contributed by atoms with E-state index in [0.717, 1.165) is 19.1 Å². The van der Waals surface area contributed by atoms with Crippen LogP contribution in [0.1, 0.15) is 83.1 Å². The van der Waals surface area contributed by atoms with Crippen LogP contribution in [0.15, 0.2) is 45.2 Å². The van der Waals surface area contributed by atoms with Crippen LogP contribution in [0.5, 0.6) is 17.6 Å². The van der Waals surface area contributed by atoms with Crippen LogP contribution in [0.25, 0.3) is 0 Å². The summed E-state index contributed by atoms with van der Waals surface area (Å²) in [4.78, 5) is 38.8. The molecule has 0 bridgehead atoms. The lowest BCUT2D eigenvalue weighted by Crippen LogP contribution is -2.52. The van der Waals surface area contributed by atoms with Crippen LogP contribution < -0.4 is 30.2 Å². The summed E-state index contributed by atoms with van der Waals surface area (Å²) in [5.74, 6) is -3.88. The Hall–Kier alpha value is -5.73. The highest BCUT2D eigenvalue weighted by Gasteiger charge is 2.40. The molecule has 380 valence electrons. The van der Waals surface area contributed by atoms with Gasteiger partial charge in [0, 0.05) is 37.3 Å². The number of amides is 3. The first-order valence-corrected chi connectivity index (χ1v) is 21.6. The summed E-state index contributed by atoms with van der Waals surface area (Å²) in [5, 5.41) is 23.2. The Labute approximate surface area is 398 Å². The number of carbonyl (C=O) groups excluding carboxylic acids is 3. The van der Waals surface area contributed by atoms with Crippen molar-refractivity contribution in [1.29, 1.82) is 0 Å². The van der Waals surface area contributed by atoms with Gasteiger partial charge in [-0.2, -0.15) is 13.2 Å². The number of aromatic nitrogens is 4. The molecule has 18 nitrogen and oxygen atoms in total. The topological polar surface area (TPSA) is 215 Å². The van der Waals surface area contributed by atoms with Gasteiger partial charge in [-0.15, -0.1) is 28.5 Å². The predicted molar refractivity (Wildman–Crippen MR) is 223 cm³/mol. The Balaban J connectivity index is 0.000000266. The van der Waals surface area contributed by atoms with Crippen LogP contribution >= 0.6 is 23.2 Å². The molecule has 4 aromatic rings. The predicted octanol–water partition coefficient (Wildman–Crippen LogP) is 7.96. The molecule has 2 saturated heterocycles. The molecule has 2 aromatic carbocycles. The number of alkyl halides is 6. The first-order valence-electron chi connectivity index (χ1n) is 20.8. The lowest BCUT2D eigenvalue weighted by molar-refractivity contribution is -0.332. The molecule has 2 fully saturated rings. The Morgan fingerprint density at radius 1 is 0.797 bits per heavy atom. The summed E-state index contributed by atoms with van der Waals surface area (Å²) in [6.45, 7) is 4.09. The van der Waals surface area contributed by atoms with E-state index in [1.807, 2.05) is 0 Å². The third kappa shape index (κ3) is 17.6. The lowest BCUT2D eigenvalue weighted by atomic mass is 9.98. The average Bonchev–Trinajstić information content (AvgIpc) is 3.96. The van der Waals surface area contributed by atoms with Crippen molar-refractivity contribution in [3.05, 3.63) is 75.8 Å². The lowest BCUT2D eigenvalue weighted by Gasteiger charge is -2.38. The van der Waals surface area contributed by atoms with E-state index in [0.29, 0.717) is 25.8 Å². The molecule has 0 saturated carbocycles. The maximum atomic E-state index is 13.6. The minimum Gasteiger partial charge on any atom is -0.484 e. The number of piperidine rings is 2. The van der Waals surface area contributed by atoms with Gasteiger partial charge in [-0.1, -0.05) is 35.2 Å². The Morgan fingerprint density at radius 3 is 1.91 bits per heavy atom. The number of nitrogens with one attached hydrogen (secondary N) is 3. The zero-order valence-electron chi connectivity index (χ0n) is 37.0. The Kier molecular flexibility index (Phi) is 18.6. The van der Waals surface area contributed by atoms with Crippen LogP contribution in [-0.2, 0) is 25.7 Å². The van der Waals surface area contributed by atoms with Crippen LogP contribution in [0.2, 0.25) is 10.0 Å². The highest BCUT2D eigenvalue weighted by Crippen LogP contribution is 2.34. The van der Waals surface area contributed by atoms with Crippen molar-refractivity contribution in [3.8, 4) is 17.6 Å². The van der Waals surface area contributed by atoms with Crippen molar-refractivity contribution >= 4 is 41.1 Å². The van der Waals surface area contributed by atoms with Gasteiger partial charge in [-0.05, 0) is 70.7 Å². The molecule has 4 heterocycles. The van der Waals surface area contributed by atoms with Crippen molar-refractivity contribution in [2.24, 2.45) is 5.92 Å². The number of likely N-dealkylation sites (tertiary alicyclic amines) is 1. The smallest absolute Gasteiger partial charge is 0.484 e. The number of ether oxygens (including phenoxy) is 5. The van der Waals surface area contributed by atoms with Crippen LogP contribution in [0.4, 0.5) is 39.9 Å². The molecule has 6 rings (SSSR count). The second-order valence-corrected chi connectivity index (χ2v) is 17.3. The van der Waals surface area contributed by atoms with Crippen molar-refractivity contribution in [2.45, 2.75) is 102 Å². The molecule has 3 amide bonds. The van der Waals surface area contributed by atoms with Gasteiger partial charge in [0.25, 0.3) is 11.8 Å². The number of rotatable bonds is 15. The van der Waals surface area contributed by atoms with E-state index >= 15 is 0 Å². The van der Waals surface area contributed by atoms with E-state index in [1.54, 1.807) is 20.8 Å². The summed E-state index contributed by atoms with van der Waals surface area (Å²) in [5.41, 5.74) is -0.837. The fourth-order valence-electron chi connectivity index (χ4n) is 6.34. The third-order valence-corrected chi connectivity index (χ3v) is 10.4. The number of halogens is 10. The highest BCUT2D eigenvalue weighted by atomic mass is 35.5. The normalized spacial score (nSPS) is 19.1. The zero-order chi connectivity index (χ0) is 50.7. The SMILES string of the molecule is CC(COc1nnc([C@H]2CC[C@H](NC(=O)COc3ccc(Cl)c(F)c3)CN2C(=O)OC(C)(C)C)o1)C(F)(F)F.O=C(COc1ccc(Cl)c(F)c1)N[C@H]1CC[C@H](c2nnc(COC(F)(F)F)o2)NC1. The van der Waals surface area contributed by atoms with Crippen molar-refractivity contribution in [2.75, 3.05) is 32.9 Å². The summed E-state index contributed by atoms with van der Waals surface area (Å²) >= 11 is 11.2. The van der Waals surface area contributed by atoms with Crippen molar-refractivity contribution < 1.29 is 82.0 Å². The highest BCUT2D eigenvalue weighted by molar-refractivity contribution is 6.31. The summed E-state index contributed by atoms with van der Waals surface area (Å²) in [7, 11) is 0. The number of benzene rings is 2. The monoisotopic (exact) mass is 1030 g/mol. The maximum absolute atomic E-state index is 13.6. The molecule has 2 aliphatic heterocycles. The largest absolute Gasteiger partial charge is 0.523 e. The van der Waals surface area contributed by atoms with Gasteiger partial charge >= 0.3 is 24.7 Å². The summed E-state index contributed by atoms with van der Waals surface area (Å²) in [6, 6.07) is 5.81. The summed E-state index contributed by atoms with van der Waals surface area (Å²) in [6.07, 6.45) is -8.69. The molecular formula is C41H46Cl2F8N8O10. The molecule has 0 aliphatic carbocycles. The minimum absolute atomic E-state index is 0.00454. The van der Waals surface area contributed by atoms with Gasteiger partial charge in [0.05, 0.1) is 22.0 Å². The van der Waals surface area contributed by atoms with Gasteiger partial charge in [-0.25, -0.2) is 13.6 Å². The minimum atomic E-state index is -4.78. The number of carbonyl (C=O) groups is 3. The van der Waals surface area contributed by atoms with Crippen LogP contribution in [0, 0.1) is 17.6 Å². The van der Waals surface area contributed by atoms with Gasteiger partial charge in [0.15, 0.2) is 13.2 Å². The molecule has 5 atom stereocenters. The van der Waals surface area contributed by atoms with Gasteiger partial charge in [0.2, 0.25) is 17.7 Å². The second kappa shape index (κ2) is 23.7.